The molecule has 0 saturated carbocycles. The predicted molar refractivity (Wildman–Crippen MR) is 73.5 cm³/mol. The molecule has 0 bridgehead atoms. The van der Waals surface area contributed by atoms with Crippen LogP contribution in [0.15, 0.2) is 24.3 Å². The molecule has 1 aromatic rings. The standard InChI is InChI=1S/C14H20N2.ClH/c15-12-8-9-16(10-12)14-7-3-5-11-4-1-2-6-13(11)14;/h1-2,4,6,12,14H,3,5,7-10,15H2;1H. The number of halogens is 1. The van der Waals surface area contributed by atoms with Crippen molar-refractivity contribution in [1.29, 1.82) is 0 Å². The van der Waals surface area contributed by atoms with E-state index in [9.17, 15) is 0 Å². The minimum atomic E-state index is 0. The molecular formula is C14H21ClN2. The number of nitrogens with two attached hydrogens (primary N) is 1. The summed E-state index contributed by atoms with van der Waals surface area (Å²) in [4.78, 5) is 2.59. The van der Waals surface area contributed by atoms with E-state index in [4.69, 9.17) is 5.73 Å². The maximum absolute atomic E-state index is 6.01. The molecular weight excluding hydrogens is 232 g/mol. The van der Waals surface area contributed by atoms with E-state index in [1.807, 2.05) is 0 Å². The number of aryl methyl sites for hydroxylation is 1. The Kier molecular flexibility index (Phi) is 4.08. The molecule has 1 fully saturated rings. The van der Waals surface area contributed by atoms with Gasteiger partial charge < -0.3 is 5.73 Å². The van der Waals surface area contributed by atoms with Crippen LogP contribution in [0.2, 0.25) is 0 Å². The number of hydrogen-bond acceptors (Lipinski definition) is 2. The van der Waals surface area contributed by atoms with Crippen molar-refractivity contribution in [3.05, 3.63) is 35.4 Å². The quantitative estimate of drug-likeness (QED) is 0.832. The molecule has 3 heteroatoms. The van der Waals surface area contributed by atoms with Gasteiger partial charge in [-0.1, -0.05) is 24.3 Å². The molecule has 0 amide bonds. The van der Waals surface area contributed by atoms with Crippen molar-refractivity contribution in [3.63, 3.8) is 0 Å². The van der Waals surface area contributed by atoms with E-state index in [0.717, 1.165) is 6.54 Å². The molecule has 0 aromatic heterocycles. The molecule has 3 rings (SSSR count). The van der Waals surface area contributed by atoms with Crippen LogP contribution in [0.3, 0.4) is 0 Å². The summed E-state index contributed by atoms with van der Waals surface area (Å²) in [6, 6.07) is 9.97. The van der Waals surface area contributed by atoms with E-state index in [1.165, 1.54) is 32.2 Å². The Bertz CT molecular complexity index is 380. The predicted octanol–water partition coefficient (Wildman–Crippen LogP) is 2.52. The summed E-state index contributed by atoms with van der Waals surface area (Å²) < 4.78 is 0. The van der Waals surface area contributed by atoms with Gasteiger partial charge in [0, 0.05) is 25.2 Å². The highest BCUT2D eigenvalue weighted by Crippen LogP contribution is 2.35. The van der Waals surface area contributed by atoms with Crippen LogP contribution in [0, 0.1) is 0 Å². The Balaban J connectivity index is 0.00000108. The summed E-state index contributed by atoms with van der Waals surface area (Å²) >= 11 is 0. The highest BCUT2D eigenvalue weighted by molar-refractivity contribution is 5.85. The van der Waals surface area contributed by atoms with Gasteiger partial charge in [0.15, 0.2) is 0 Å². The molecule has 0 radical (unpaired) electrons. The second-order valence-electron chi connectivity index (χ2n) is 5.15. The van der Waals surface area contributed by atoms with Gasteiger partial charge in [0.05, 0.1) is 0 Å². The van der Waals surface area contributed by atoms with Crippen LogP contribution in [-0.4, -0.2) is 24.0 Å². The van der Waals surface area contributed by atoms with E-state index in [0.29, 0.717) is 12.1 Å². The first-order valence-electron chi connectivity index (χ1n) is 6.42. The summed E-state index contributed by atoms with van der Waals surface area (Å²) in [6.45, 7) is 2.26. The van der Waals surface area contributed by atoms with Gasteiger partial charge in [0.1, 0.15) is 0 Å². The maximum atomic E-state index is 6.01. The number of rotatable bonds is 1. The van der Waals surface area contributed by atoms with Crippen molar-refractivity contribution in [2.24, 2.45) is 5.73 Å². The van der Waals surface area contributed by atoms with Crippen LogP contribution in [-0.2, 0) is 6.42 Å². The molecule has 94 valence electrons. The van der Waals surface area contributed by atoms with Crippen molar-refractivity contribution in [1.82, 2.24) is 4.90 Å². The molecule has 0 spiro atoms. The van der Waals surface area contributed by atoms with Gasteiger partial charge in [-0.05, 0) is 36.8 Å². The van der Waals surface area contributed by atoms with Gasteiger partial charge in [-0.3, -0.25) is 4.90 Å². The summed E-state index contributed by atoms with van der Waals surface area (Å²) in [5.74, 6) is 0. The third-order valence-corrected chi connectivity index (χ3v) is 4.03. The normalized spacial score (nSPS) is 28.5. The molecule has 2 aliphatic rings. The first-order valence-corrected chi connectivity index (χ1v) is 6.42. The molecule has 1 aliphatic carbocycles. The molecule has 2 N–H and O–H groups in total. The molecule has 2 atom stereocenters. The smallest absolute Gasteiger partial charge is 0.0351 e. The third kappa shape index (κ3) is 2.49. The Morgan fingerprint density at radius 1 is 1.18 bits per heavy atom. The van der Waals surface area contributed by atoms with E-state index in [-0.39, 0.29) is 12.4 Å². The molecule has 2 unspecified atom stereocenters. The lowest BCUT2D eigenvalue weighted by molar-refractivity contribution is 0.219. The average molecular weight is 253 g/mol. The number of benzene rings is 1. The second kappa shape index (κ2) is 5.38. The first-order chi connectivity index (χ1) is 7.84. The zero-order valence-corrected chi connectivity index (χ0v) is 11.0. The fraction of sp³-hybridized carbons (Fsp3) is 0.571. The highest BCUT2D eigenvalue weighted by Gasteiger charge is 2.29. The van der Waals surface area contributed by atoms with Crippen LogP contribution in [0.1, 0.15) is 36.4 Å². The Morgan fingerprint density at radius 2 is 2.00 bits per heavy atom. The van der Waals surface area contributed by atoms with Crippen LogP contribution < -0.4 is 5.73 Å². The first kappa shape index (κ1) is 12.9. The number of fused-ring (bicyclic) bond motifs is 1. The van der Waals surface area contributed by atoms with Gasteiger partial charge >= 0.3 is 0 Å². The zero-order valence-electron chi connectivity index (χ0n) is 10.1. The van der Waals surface area contributed by atoms with Crippen LogP contribution >= 0.6 is 12.4 Å². The molecule has 1 aliphatic heterocycles. The number of nitrogens with zero attached hydrogens (tertiary/aromatic N) is 1. The van der Waals surface area contributed by atoms with Crippen LogP contribution in [0.5, 0.6) is 0 Å². The largest absolute Gasteiger partial charge is 0.326 e. The van der Waals surface area contributed by atoms with E-state index in [1.54, 1.807) is 11.1 Å². The van der Waals surface area contributed by atoms with Gasteiger partial charge in [-0.25, -0.2) is 0 Å². The summed E-state index contributed by atoms with van der Waals surface area (Å²) in [6.07, 6.45) is 5.06. The van der Waals surface area contributed by atoms with Gasteiger partial charge in [-0.15, -0.1) is 12.4 Å². The van der Waals surface area contributed by atoms with Crippen molar-refractivity contribution in [3.8, 4) is 0 Å². The van der Waals surface area contributed by atoms with Crippen LogP contribution in [0.4, 0.5) is 0 Å². The van der Waals surface area contributed by atoms with Crippen molar-refractivity contribution in [2.45, 2.75) is 37.8 Å². The number of likely N-dealkylation sites (tertiary alicyclic amines) is 1. The van der Waals surface area contributed by atoms with Crippen molar-refractivity contribution >= 4 is 12.4 Å². The Labute approximate surface area is 110 Å². The lowest BCUT2D eigenvalue weighted by Crippen LogP contribution is -2.32. The zero-order chi connectivity index (χ0) is 11.0. The minimum Gasteiger partial charge on any atom is -0.326 e. The number of hydrogen-bond donors (Lipinski definition) is 1. The fourth-order valence-corrected chi connectivity index (χ4v) is 3.21. The van der Waals surface area contributed by atoms with Gasteiger partial charge in [0.2, 0.25) is 0 Å². The van der Waals surface area contributed by atoms with Crippen molar-refractivity contribution < 1.29 is 0 Å². The van der Waals surface area contributed by atoms with E-state index >= 15 is 0 Å². The summed E-state index contributed by atoms with van der Waals surface area (Å²) in [5, 5.41) is 0. The third-order valence-electron chi connectivity index (χ3n) is 4.03. The van der Waals surface area contributed by atoms with E-state index < -0.39 is 0 Å². The molecule has 17 heavy (non-hydrogen) atoms. The SMILES string of the molecule is Cl.NC1CCN(C2CCCc3ccccc32)C1. The van der Waals surface area contributed by atoms with E-state index in [2.05, 4.69) is 29.2 Å². The monoisotopic (exact) mass is 252 g/mol. The Morgan fingerprint density at radius 3 is 2.76 bits per heavy atom. The van der Waals surface area contributed by atoms with Crippen molar-refractivity contribution in [2.75, 3.05) is 13.1 Å². The van der Waals surface area contributed by atoms with Crippen LogP contribution in [0.25, 0.3) is 0 Å². The molecule has 1 saturated heterocycles. The summed E-state index contributed by atoms with van der Waals surface area (Å²) in [7, 11) is 0. The molecule has 2 nitrogen and oxygen atoms in total. The topological polar surface area (TPSA) is 29.3 Å². The highest BCUT2D eigenvalue weighted by atomic mass is 35.5. The lowest BCUT2D eigenvalue weighted by atomic mass is 9.87. The van der Waals surface area contributed by atoms with Gasteiger partial charge in [-0.2, -0.15) is 0 Å². The summed E-state index contributed by atoms with van der Waals surface area (Å²) in [5.41, 5.74) is 9.12. The lowest BCUT2D eigenvalue weighted by Gasteiger charge is -2.33. The molecule has 1 heterocycles. The molecule has 1 aromatic carbocycles. The maximum Gasteiger partial charge on any atom is 0.0351 e. The minimum absolute atomic E-state index is 0. The van der Waals surface area contributed by atoms with Gasteiger partial charge in [0.25, 0.3) is 0 Å². The Hall–Kier alpha value is -0.570. The second-order valence-corrected chi connectivity index (χ2v) is 5.15. The average Bonchev–Trinajstić information content (AvgIpc) is 2.75. The fourth-order valence-electron chi connectivity index (χ4n) is 3.21.